The third-order valence-corrected chi connectivity index (χ3v) is 8.30. The van der Waals surface area contributed by atoms with E-state index in [4.69, 9.17) is 0 Å². The molecule has 41 heavy (non-hydrogen) atoms. The topological polar surface area (TPSA) is 80.9 Å². The van der Waals surface area contributed by atoms with Crippen LogP contribution in [0.25, 0.3) is 54.2 Å². The van der Waals surface area contributed by atoms with E-state index in [1.54, 1.807) is 0 Å². The van der Waals surface area contributed by atoms with Crippen LogP contribution in [0.3, 0.4) is 0 Å². The van der Waals surface area contributed by atoms with Gasteiger partial charge in [0.25, 0.3) is 0 Å². The number of aromatic hydroxyl groups is 2. The monoisotopic (exact) mass is 536 g/mol. The average molecular weight is 537 g/mol. The predicted molar refractivity (Wildman–Crippen MR) is 166 cm³/mol. The maximum absolute atomic E-state index is 10.9. The third kappa shape index (κ3) is 3.92. The van der Waals surface area contributed by atoms with Crippen LogP contribution < -0.4 is 0 Å². The van der Waals surface area contributed by atoms with Crippen LogP contribution in [0, 0.1) is 0 Å². The molecule has 0 heterocycles. The molecule has 0 saturated heterocycles. The average Bonchev–Trinajstić information content (AvgIpc) is 3.03. The van der Waals surface area contributed by atoms with E-state index in [1.165, 1.54) is 0 Å². The van der Waals surface area contributed by atoms with Gasteiger partial charge in [-0.05, 0) is 73.1 Å². The molecule has 0 aliphatic rings. The van der Waals surface area contributed by atoms with Crippen LogP contribution in [-0.2, 0) is 19.6 Å². The molecule has 0 aromatic heterocycles. The van der Waals surface area contributed by atoms with Crippen molar-refractivity contribution in [2.45, 2.75) is 19.6 Å². The molecular formula is C37H28O4. The van der Waals surface area contributed by atoms with Gasteiger partial charge < -0.3 is 20.4 Å². The normalized spacial score (nSPS) is 11.7. The minimum Gasteiger partial charge on any atom is -0.507 e. The second kappa shape index (κ2) is 9.93. The van der Waals surface area contributed by atoms with E-state index >= 15 is 0 Å². The Morgan fingerprint density at radius 1 is 0.415 bits per heavy atom. The van der Waals surface area contributed by atoms with Gasteiger partial charge in [0.05, 0.1) is 13.2 Å². The maximum atomic E-state index is 10.9. The van der Waals surface area contributed by atoms with Crippen LogP contribution in [0.5, 0.6) is 11.5 Å². The first-order chi connectivity index (χ1) is 20.1. The van der Waals surface area contributed by atoms with Gasteiger partial charge in [0, 0.05) is 21.9 Å². The van der Waals surface area contributed by atoms with Gasteiger partial charge in [0.1, 0.15) is 11.5 Å². The van der Waals surface area contributed by atoms with Crippen LogP contribution >= 0.6 is 0 Å². The van der Waals surface area contributed by atoms with E-state index in [0.29, 0.717) is 22.9 Å². The zero-order valence-electron chi connectivity index (χ0n) is 22.3. The van der Waals surface area contributed by atoms with E-state index in [2.05, 4.69) is 24.3 Å². The van der Waals surface area contributed by atoms with Gasteiger partial charge >= 0.3 is 0 Å². The lowest BCUT2D eigenvalue weighted by Gasteiger charge is -2.20. The minimum absolute atomic E-state index is 0.107. The van der Waals surface area contributed by atoms with Crippen LogP contribution in [0.15, 0.2) is 109 Å². The van der Waals surface area contributed by atoms with Crippen LogP contribution in [0.1, 0.15) is 22.3 Å². The Balaban J connectivity index is 1.58. The molecule has 200 valence electrons. The fraction of sp³-hybridized carbons (Fsp3) is 0.0811. The second-order valence-electron chi connectivity index (χ2n) is 10.5. The quantitative estimate of drug-likeness (QED) is 0.168. The molecule has 0 atom stereocenters. The molecule has 0 aliphatic heterocycles. The van der Waals surface area contributed by atoms with Crippen molar-refractivity contribution < 1.29 is 20.4 Å². The fourth-order valence-corrected chi connectivity index (χ4v) is 6.40. The summed E-state index contributed by atoms with van der Waals surface area (Å²) in [7, 11) is 0. The number of benzene rings is 7. The van der Waals surface area contributed by atoms with Crippen molar-refractivity contribution >= 4 is 43.1 Å². The Morgan fingerprint density at radius 2 is 0.829 bits per heavy atom. The van der Waals surface area contributed by atoms with Gasteiger partial charge in [-0.3, -0.25) is 0 Å². The third-order valence-electron chi connectivity index (χ3n) is 8.30. The van der Waals surface area contributed by atoms with Gasteiger partial charge in [0.15, 0.2) is 0 Å². The van der Waals surface area contributed by atoms with Crippen molar-refractivity contribution in [2.24, 2.45) is 0 Å². The Hall–Kier alpha value is -4.90. The fourth-order valence-electron chi connectivity index (χ4n) is 6.40. The minimum atomic E-state index is -0.265. The second-order valence-corrected chi connectivity index (χ2v) is 10.5. The molecule has 7 aromatic carbocycles. The van der Waals surface area contributed by atoms with Gasteiger partial charge in [-0.2, -0.15) is 0 Å². The van der Waals surface area contributed by atoms with Gasteiger partial charge in [-0.25, -0.2) is 0 Å². The van der Waals surface area contributed by atoms with Gasteiger partial charge in [0.2, 0.25) is 0 Å². The molecule has 7 aromatic rings. The summed E-state index contributed by atoms with van der Waals surface area (Å²) in [5.41, 5.74) is 5.20. The first-order valence-corrected chi connectivity index (χ1v) is 13.7. The predicted octanol–water partition coefficient (Wildman–Crippen LogP) is 7.95. The van der Waals surface area contributed by atoms with Gasteiger partial charge in [-0.1, -0.05) is 97.1 Å². The van der Waals surface area contributed by atoms with E-state index in [1.807, 2.05) is 84.9 Å². The van der Waals surface area contributed by atoms with Crippen molar-refractivity contribution in [3.05, 3.63) is 131 Å². The molecule has 0 fully saturated rings. The highest BCUT2D eigenvalue weighted by atomic mass is 16.3. The highest BCUT2D eigenvalue weighted by molar-refractivity contribution is 6.19. The molecule has 0 bridgehead atoms. The van der Waals surface area contributed by atoms with Crippen LogP contribution in [-0.4, -0.2) is 20.4 Å². The van der Waals surface area contributed by atoms with Gasteiger partial charge in [-0.15, -0.1) is 0 Å². The molecule has 4 nitrogen and oxygen atoms in total. The number of aliphatic hydroxyl groups excluding tert-OH is 2. The molecule has 4 heteroatoms. The molecule has 0 spiro atoms. The van der Waals surface area contributed by atoms with Crippen molar-refractivity contribution in [1.82, 2.24) is 0 Å². The van der Waals surface area contributed by atoms with Crippen molar-refractivity contribution in [3.8, 4) is 22.6 Å². The summed E-state index contributed by atoms with van der Waals surface area (Å²) in [6, 6.07) is 36.1. The summed E-state index contributed by atoms with van der Waals surface area (Å²) in [5, 5.41) is 49.5. The first-order valence-electron chi connectivity index (χ1n) is 13.7. The molecule has 4 N–H and O–H groups in total. The molecular weight excluding hydrogens is 508 g/mol. The van der Waals surface area contributed by atoms with E-state index in [-0.39, 0.29) is 24.7 Å². The zero-order chi connectivity index (χ0) is 28.1. The number of fused-ring (bicyclic) bond motifs is 4. The number of hydrogen-bond acceptors (Lipinski definition) is 4. The Bertz CT molecular complexity index is 2070. The summed E-state index contributed by atoms with van der Waals surface area (Å²) in [4.78, 5) is 0. The Labute approximate surface area is 237 Å². The molecule has 0 aliphatic carbocycles. The number of phenols is 2. The molecule has 0 saturated carbocycles. The SMILES string of the molecule is OCc1cc(Cc2c3ccccc3c(-c3cc(CO)c(O)c4ccccc34)c3ccccc23)c2ccccc2c1O. The highest BCUT2D eigenvalue weighted by Crippen LogP contribution is 2.45. The number of hydrogen-bond donors (Lipinski definition) is 4. The smallest absolute Gasteiger partial charge is 0.128 e. The summed E-state index contributed by atoms with van der Waals surface area (Å²) in [6.07, 6.45) is 0.604. The lowest BCUT2D eigenvalue weighted by Crippen LogP contribution is -1.99. The zero-order valence-corrected chi connectivity index (χ0v) is 22.3. The van der Waals surface area contributed by atoms with E-state index < -0.39 is 0 Å². The standard InChI is InChI=1S/C37H28O4/c38-20-23-17-22(25-9-1-7-15-31(25)36(23)40)18-33-26-10-2-5-13-29(26)35(30-14-6-3-11-27(30)33)34-19-24(21-39)37(41)32-16-8-4-12-28(32)34/h1-17,19,38-41H,18,20-21H2. The van der Waals surface area contributed by atoms with E-state index in [0.717, 1.165) is 60.0 Å². The van der Waals surface area contributed by atoms with Crippen LogP contribution in [0.2, 0.25) is 0 Å². The molecule has 0 radical (unpaired) electrons. The summed E-state index contributed by atoms with van der Waals surface area (Å²) < 4.78 is 0. The first kappa shape index (κ1) is 25.1. The summed E-state index contributed by atoms with van der Waals surface area (Å²) in [5.74, 6) is 0.229. The Morgan fingerprint density at radius 3 is 1.37 bits per heavy atom. The lowest BCUT2D eigenvalue weighted by molar-refractivity contribution is 0.275. The largest absolute Gasteiger partial charge is 0.507 e. The summed E-state index contributed by atoms with van der Waals surface area (Å²) in [6.45, 7) is -0.510. The number of aliphatic hydroxyl groups is 2. The lowest BCUT2D eigenvalue weighted by atomic mass is 9.83. The molecule has 0 amide bonds. The van der Waals surface area contributed by atoms with Crippen LogP contribution in [0.4, 0.5) is 0 Å². The molecule has 0 unspecified atom stereocenters. The van der Waals surface area contributed by atoms with Crippen molar-refractivity contribution in [2.75, 3.05) is 0 Å². The Kier molecular flexibility index (Phi) is 6.08. The van der Waals surface area contributed by atoms with Crippen molar-refractivity contribution in [1.29, 1.82) is 0 Å². The maximum Gasteiger partial charge on any atom is 0.128 e. The van der Waals surface area contributed by atoms with E-state index in [9.17, 15) is 20.4 Å². The summed E-state index contributed by atoms with van der Waals surface area (Å²) >= 11 is 0. The molecule has 7 rings (SSSR count). The highest BCUT2D eigenvalue weighted by Gasteiger charge is 2.20. The number of rotatable bonds is 5. The van der Waals surface area contributed by atoms with Crippen molar-refractivity contribution in [3.63, 3.8) is 0 Å².